The summed E-state index contributed by atoms with van der Waals surface area (Å²) < 4.78 is 0. The number of likely N-dealkylation sites (N-methyl/N-ethyl adjacent to an activating group) is 1. The first-order valence-electron chi connectivity index (χ1n) is 5.44. The first-order chi connectivity index (χ1) is 7.83. The maximum atomic E-state index is 10.8. The summed E-state index contributed by atoms with van der Waals surface area (Å²) in [6.45, 7) is 6.53. The molecule has 1 heterocycles. The number of hydrogen-bond donors (Lipinski definition) is 2. The van der Waals surface area contributed by atoms with Crippen LogP contribution in [-0.4, -0.2) is 39.9 Å². The molecule has 3 N–H and O–H groups in total. The van der Waals surface area contributed by atoms with E-state index in [0.29, 0.717) is 18.9 Å². The van der Waals surface area contributed by atoms with E-state index < -0.39 is 11.5 Å². The molecule has 1 aromatic heterocycles. The molecule has 0 fully saturated rings. The molecule has 6 heteroatoms. The molecule has 1 aromatic rings. The Morgan fingerprint density at radius 2 is 2.12 bits per heavy atom. The lowest BCUT2D eigenvalue weighted by molar-refractivity contribution is 0.0872. The van der Waals surface area contributed by atoms with E-state index in [1.54, 1.807) is 19.9 Å². The van der Waals surface area contributed by atoms with Gasteiger partial charge in [0, 0.05) is 13.1 Å². The van der Waals surface area contributed by atoms with Gasteiger partial charge in [0.1, 0.15) is 0 Å². The lowest BCUT2D eigenvalue weighted by Crippen LogP contribution is -2.39. The van der Waals surface area contributed by atoms with Crippen molar-refractivity contribution in [3.05, 3.63) is 17.8 Å². The molecule has 0 bridgehead atoms. The van der Waals surface area contributed by atoms with Gasteiger partial charge in [-0.2, -0.15) is 0 Å². The van der Waals surface area contributed by atoms with Gasteiger partial charge in [-0.15, -0.1) is 10.2 Å². The van der Waals surface area contributed by atoms with Crippen molar-refractivity contribution in [2.24, 2.45) is 5.73 Å². The Morgan fingerprint density at radius 1 is 1.47 bits per heavy atom. The molecule has 0 aromatic carbocycles. The topological polar surface area (TPSA) is 92.3 Å². The number of nitrogens with zero attached hydrogens (tertiary/aromatic N) is 3. The third-order valence-electron chi connectivity index (χ3n) is 2.19. The van der Waals surface area contributed by atoms with Crippen molar-refractivity contribution in [1.29, 1.82) is 0 Å². The molecule has 0 aliphatic rings. The van der Waals surface area contributed by atoms with E-state index in [9.17, 15) is 9.90 Å². The van der Waals surface area contributed by atoms with E-state index >= 15 is 0 Å². The molecule has 0 saturated carbocycles. The van der Waals surface area contributed by atoms with Gasteiger partial charge in [0.2, 0.25) is 0 Å². The van der Waals surface area contributed by atoms with Crippen molar-refractivity contribution in [2.45, 2.75) is 26.4 Å². The molecule has 17 heavy (non-hydrogen) atoms. The number of aromatic nitrogens is 2. The lowest BCUT2D eigenvalue weighted by atomic mass is 10.1. The average Bonchev–Trinajstić information content (AvgIpc) is 2.25. The Morgan fingerprint density at radius 3 is 2.47 bits per heavy atom. The lowest BCUT2D eigenvalue weighted by Gasteiger charge is -2.28. The molecule has 0 atom stereocenters. The minimum atomic E-state index is -0.819. The summed E-state index contributed by atoms with van der Waals surface area (Å²) in [4.78, 5) is 12.7. The molecule has 0 aliphatic carbocycles. The van der Waals surface area contributed by atoms with Gasteiger partial charge in [0.25, 0.3) is 5.91 Å². The fourth-order valence-electron chi connectivity index (χ4n) is 1.45. The summed E-state index contributed by atoms with van der Waals surface area (Å²) in [5.74, 6) is 0.00853. The Hall–Kier alpha value is -1.69. The number of amides is 1. The minimum absolute atomic E-state index is 0.132. The average molecular weight is 238 g/mol. The molecular weight excluding hydrogens is 220 g/mol. The van der Waals surface area contributed by atoms with Crippen molar-refractivity contribution >= 4 is 11.7 Å². The predicted molar refractivity (Wildman–Crippen MR) is 64.7 cm³/mol. The summed E-state index contributed by atoms with van der Waals surface area (Å²) in [5, 5.41) is 17.4. The second-order valence-corrected chi connectivity index (χ2v) is 4.47. The van der Waals surface area contributed by atoms with E-state index in [1.807, 2.05) is 11.8 Å². The van der Waals surface area contributed by atoms with Gasteiger partial charge in [-0.05, 0) is 32.9 Å². The van der Waals surface area contributed by atoms with E-state index in [0.717, 1.165) is 0 Å². The van der Waals surface area contributed by atoms with Gasteiger partial charge in [-0.3, -0.25) is 4.79 Å². The summed E-state index contributed by atoms with van der Waals surface area (Å²) in [6.07, 6.45) is 0. The zero-order chi connectivity index (χ0) is 13.1. The van der Waals surface area contributed by atoms with Gasteiger partial charge >= 0.3 is 0 Å². The first kappa shape index (κ1) is 13.4. The fourth-order valence-corrected chi connectivity index (χ4v) is 1.45. The Bertz CT molecular complexity index is 383. The number of nitrogens with two attached hydrogens (primary N) is 1. The highest BCUT2D eigenvalue weighted by atomic mass is 16.3. The van der Waals surface area contributed by atoms with Crippen LogP contribution in [0.15, 0.2) is 12.1 Å². The van der Waals surface area contributed by atoms with Crippen LogP contribution >= 0.6 is 0 Å². The first-order valence-corrected chi connectivity index (χ1v) is 5.44. The number of rotatable bonds is 5. The van der Waals surface area contributed by atoms with Crippen LogP contribution in [0.5, 0.6) is 0 Å². The summed E-state index contributed by atoms with van der Waals surface area (Å²) >= 11 is 0. The van der Waals surface area contributed by atoms with Crippen LogP contribution in [-0.2, 0) is 0 Å². The van der Waals surface area contributed by atoms with Crippen LogP contribution in [0.2, 0.25) is 0 Å². The van der Waals surface area contributed by atoms with Gasteiger partial charge in [-0.1, -0.05) is 0 Å². The van der Waals surface area contributed by atoms with Crippen LogP contribution in [0.3, 0.4) is 0 Å². The summed E-state index contributed by atoms with van der Waals surface area (Å²) in [7, 11) is 0. The molecule has 0 spiro atoms. The van der Waals surface area contributed by atoms with Crippen molar-refractivity contribution in [2.75, 3.05) is 18.0 Å². The molecule has 6 nitrogen and oxygen atoms in total. The van der Waals surface area contributed by atoms with Crippen LogP contribution in [0, 0.1) is 0 Å². The SMILES string of the molecule is CCN(CC(C)(C)O)c1ccc(C(N)=O)nn1. The standard InChI is InChI=1S/C11H18N4O2/c1-4-15(7-11(2,3)17)9-6-5-8(10(12)16)13-14-9/h5-6,17H,4,7H2,1-3H3,(H2,12,16). The van der Waals surface area contributed by atoms with Crippen LogP contribution < -0.4 is 10.6 Å². The number of anilines is 1. The van der Waals surface area contributed by atoms with Gasteiger partial charge < -0.3 is 15.7 Å². The van der Waals surface area contributed by atoms with Crippen molar-refractivity contribution in [3.63, 3.8) is 0 Å². The number of aliphatic hydroxyl groups is 1. The maximum Gasteiger partial charge on any atom is 0.269 e. The van der Waals surface area contributed by atoms with Gasteiger partial charge in [0.15, 0.2) is 11.5 Å². The highest BCUT2D eigenvalue weighted by Crippen LogP contribution is 2.13. The Balaban J connectivity index is 2.86. The third-order valence-corrected chi connectivity index (χ3v) is 2.19. The van der Waals surface area contributed by atoms with Gasteiger partial charge in [-0.25, -0.2) is 0 Å². The zero-order valence-corrected chi connectivity index (χ0v) is 10.3. The highest BCUT2D eigenvalue weighted by molar-refractivity contribution is 5.90. The van der Waals surface area contributed by atoms with Crippen molar-refractivity contribution in [1.82, 2.24) is 10.2 Å². The number of carbonyl (C=O) groups excluding carboxylic acids is 1. The van der Waals surface area contributed by atoms with Crippen molar-refractivity contribution in [3.8, 4) is 0 Å². The van der Waals surface area contributed by atoms with Crippen LogP contribution in [0.4, 0.5) is 5.82 Å². The van der Waals surface area contributed by atoms with Crippen LogP contribution in [0.25, 0.3) is 0 Å². The van der Waals surface area contributed by atoms with E-state index in [4.69, 9.17) is 5.73 Å². The second kappa shape index (κ2) is 5.09. The molecule has 0 radical (unpaired) electrons. The second-order valence-electron chi connectivity index (χ2n) is 4.47. The van der Waals surface area contributed by atoms with Crippen molar-refractivity contribution < 1.29 is 9.90 Å². The van der Waals surface area contributed by atoms with E-state index in [-0.39, 0.29) is 5.69 Å². The number of primary amides is 1. The molecule has 1 rings (SSSR count). The highest BCUT2D eigenvalue weighted by Gasteiger charge is 2.18. The molecule has 0 unspecified atom stereocenters. The normalized spacial score (nSPS) is 11.3. The Kier molecular flexibility index (Phi) is 4.01. The predicted octanol–water partition coefficient (Wildman–Crippen LogP) is 0.173. The zero-order valence-electron chi connectivity index (χ0n) is 10.3. The fraction of sp³-hybridized carbons (Fsp3) is 0.545. The summed E-state index contributed by atoms with van der Waals surface area (Å²) in [6, 6.07) is 3.19. The Labute approximate surface area is 100 Å². The van der Waals surface area contributed by atoms with Crippen LogP contribution in [0.1, 0.15) is 31.3 Å². The molecular formula is C11H18N4O2. The molecule has 94 valence electrons. The monoisotopic (exact) mass is 238 g/mol. The van der Waals surface area contributed by atoms with E-state index in [1.165, 1.54) is 6.07 Å². The quantitative estimate of drug-likeness (QED) is 0.763. The molecule has 1 amide bonds. The molecule has 0 saturated heterocycles. The smallest absolute Gasteiger partial charge is 0.269 e. The van der Waals surface area contributed by atoms with E-state index in [2.05, 4.69) is 10.2 Å². The number of hydrogen-bond acceptors (Lipinski definition) is 5. The summed E-state index contributed by atoms with van der Waals surface area (Å²) in [5.41, 5.74) is 4.39. The third kappa shape index (κ3) is 3.99. The maximum absolute atomic E-state index is 10.8. The minimum Gasteiger partial charge on any atom is -0.389 e. The number of carbonyl (C=O) groups is 1. The molecule has 0 aliphatic heterocycles. The van der Waals surface area contributed by atoms with Gasteiger partial charge in [0.05, 0.1) is 5.60 Å². The largest absolute Gasteiger partial charge is 0.389 e.